The number of aliphatic hydroxyl groups is 1. The van der Waals surface area contributed by atoms with Gasteiger partial charge in [0, 0.05) is 19.3 Å². The third-order valence-electron chi connectivity index (χ3n) is 2.53. The minimum absolute atomic E-state index is 0.0141. The fraction of sp³-hybridized carbons (Fsp3) is 0.500. The Kier molecular flexibility index (Phi) is 4.57. The number of rotatable bonds is 5. The lowest BCUT2D eigenvalue weighted by molar-refractivity contribution is 0.0924. The molecule has 0 aliphatic carbocycles. The summed E-state index contributed by atoms with van der Waals surface area (Å²) in [6, 6.07) is 1.34. The van der Waals surface area contributed by atoms with Gasteiger partial charge < -0.3 is 10.4 Å². The van der Waals surface area contributed by atoms with E-state index in [2.05, 4.69) is 10.3 Å². The monoisotopic (exact) mass is 240 g/mol. The fourth-order valence-corrected chi connectivity index (χ4v) is 1.37. The van der Waals surface area contributed by atoms with Crippen molar-refractivity contribution in [1.82, 2.24) is 10.3 Å². The molecule has 0 radical (unpaired) electrons. The van der Waals surface area contributed by atoms with E-state index in [9.17, 15) is 9.18 Å². The molecule has 1 amide bonds. The van der Waals surface area contributed by atoms with Crippen LogP contribution in [0.3, 0.4) is 0 Å². The van der Waals surface area contributed by atoms with Crippen LogP contribution in [0.1, 0.15) is 30.6 Å². The fourth-order valence-electron chi connectivity index (χ4n) is 1.37. The largest absolute Gasteiger partial charge is 0.396 e. The van der Waals surface area contributed by atoms with E-state index in [1.165, 1.54) is 12.3 Å². The molecular weight excluding hydrogens is 223 g/mol. The average molecular weight is 240 g/mol. The minimum Gasteiger partial charge on any atom is -0.396 e. The van der Waals surface area contributed by atoms with Gasteiger partial charge in [-0.15, -0.1) is 0 Å². The number of amides is 1. The first kappa shape index (κ1) is 13.6. The maximum absolute atomic E-state index is 13.2. The van der Waals surface area contributed by atoms with Gasteiger partial charge in [0.15, 0.2) is 5.82 Å². The molecule has 1 heterocycles. The summed E-state index contributed by atoms with van der Waals surface area (Å²) in [7, 11) is 0. The van der Waals surface area contributed by atoms with Crippen molar-refractivity contribution >= 4 is 5.91 Å². The lowest BCUT2D eigenvalue weighted by atomic mass is 9.89. The highest BCUT2D eigenvalue weighted by Gasteiger charge is 2.19. The minimum atomic E-state index is -0.634. The Hall–Kier alpha value is -1.49. The molecule has 0 saturated carbocycles. The summed E-state index contributed by atoms with van der Waals surface area (Å²) in [4.78, 5) is 15.3. The Morgan fingerprint density at radius 3 is 2.88 bits per heavy atom. The van der Waals surface area contributed by atoms with Crippen LogP contribution >= 0.6 is 0 Å². The van der Waals surface area contributed by atoms with E-state index in [1.807, 2.05) is 13.8 Å². The van der Waals surface area contributed by atoms with Crippen molar-refractivity contribution in [3.8, 4) is 0 Å². The Morgan fingerprint density at radius 2 is 2.29 bits per heavy atom. The van der Waals surface area contributed by atoms with Crippen LogP contribution in [0.4, 0.5) is 4.39 Å². The van der Waals surface area contributed by atoms with E-state index < -0.39 is 11.7 Å². The first-order valence-electron chi connectivity index (χ1n) is 5.45. The maximum Gasteiger partial charge on any atom is 0.254 e. The van der Waals surface area contributed by atoms with Crippen LogP contribution in [0.5, 0.6) is 0 Å². The van der Waals surface area contributed by atoms with Crippen LogP contribution < -0.4 is 5.32 Å². The van der Waals surface area contributed by atoms with E-state index in [0.29, 0.717) is 13.0 Å². The van der Waals surface area contributed by atoms with E-state index in [0.717, 1.165) is 6.20 Å². The molecule has 0 aliphatic rings. The molecule has 2 N–H and O–H groups in total. The average Bonchev–Trinajstić information content (AvgIpc) is 2.27. The smallest absolute Gasteiger partial charge is 0.254 e. The number of aromatic nitrogens is 1. The molecule has 1 aromatic rings. The zero-order chi connectivity index (χ0) is 12.9. The number of nitrogens with one attached hydrogen (secondary N) is 1. The second kappa shape index (κ2) is 5.72. The second-order valence-corrected chi connectivity index (χ2v) is 4.68. The molecule has 1 aromatic heterocycles. The van der Waals surface area contributed by atoms with Crippen LogP contribution in [-0.4, -0.2) is 29.1 Å². The van der Waals surface area contributed by atoms with Gasteiger partial charge in [-0.25, -0.2) is 4.39 Å². The van der Waals surface area contributed by atoms with E-state index >= 15 is 0 Å². The summed E-state index contributed by atoms with van der Waals surface area (Å²) in [6.45, 7) is 4.29. The van der Waals surface area contributed by atoms with Gasteiger partial charge in [-0.05, 0) is 17.9 Å². The van der Waals surface area contributed by atoms with Gasteiger partial charge in [0.2, 0.25) is 0 Å². The number of hydrogen-bond acceptors (Lipinski definition) is 3. The molecule has 4 nitrogen and oxygen atoms in total. The molecule has 0 atom stereocenters. The highest BCUT2D eigenvalue weighted by Crippen LogP contribution is 2.18. The predicted molar refractivity (Wildman–Crippen MR) is 62.0 cm³/mol. The van der Waals surface area contributed by atoms with Crippen LogP contribution in [0.25, 0.3) is 0 Å². The number of pyridine rings is 1. The van der Waals surface area contributed by atoms with Crippen molar-refractivity contribution in [2.75, 3.05) is 13.2 Å². The van der Waals surface area contributed by atoms with Gasteiger partial charge in [-0.2, -0.15) is 0 Å². The van der Waals surface area contributed by atoms with Gasteiger partial charge in [-0.1, -0.05) is 13.8 Å². The van der Waals surface area contributed by atoms with Gasteiger partial charge in [0.25, 0.3) is 5.91 Å². The molecule has 1 rings (SSSR count). The maximum atomic E-state index is 13.2. The number of nitrogens with zero attached hydrogens (tertiary/aromatic N) is 1. The number of hydrogen-bond donors (Lipinski definition) is 2. The molecule has 0 unspecified atom stereocenters. The summed E-state index contributed by atoms with van der Waals surface area (Å²) in [5, 5.41) is 11.5. The summed E-state index contributed by atoms with van der Waals surface area (Å²) in [5.41, 5.74) is -0.228. The Bertz CT molecular complexity index is 394. The van der Waals surface area contributed by atoms with E-state index in [1.54, 1.807) is 0 Å². The van der Waals surface area contributed by atoms with Crippen LogP contribution in [-0.2, 0) is 0 Å². The van der Waals surface area contributed by atoms with Crippen LogP contribution in [0, 0.1) is 11.2 Å². The molecule has 5 heteroatoms. The highest BCUT2D eigenvalue weighted by atomic mass is 19.1. The van der Waals surface area contributed by atoms with Crippen molar-refractivity contribution in [3.63, 3.8) is 0 Å². The molecule has 0 spiro atoms. The molecular formula is C12H17FN2O2. The third-order valence-corrected chi connectivity index (χ3v) is 2.53. The van der Waals surface area contributed by atoms with Crippen molar-refractivity contribution in [2.45, 2.75) is 20.3 Å². The van der Waals surface area contributed by atoms with Crippen LogP contribution in [0.2, 0.25) is 0 Å². The first-order valence-corrected chi connectivity index (χ1v) is 5.45. The van der Waals surface area contributed by atoms with Gasteiger partial charge in [0.05, 0.1) is 11.8 Å². The molecule has 17 heavy (non-hydrogen) atoms. The molecule has 0 bridgehead atoms. The third kappa shape index (κ3) is 4.11. The van der Waals surface area contributed by atoms with Crippen molar-refractivity contribution in [3.05, 3.63) is 29.8 Å². The number of halogens is 1. The molecule has 0 fully saturated rings. The zero-order valence-electron chi connectivity index (χ0n) is 10.0. The van der Waals surface area contributed by atoms with Crippen molar-refractivity contribution in [1.29, 1.82) is 0 Å². The summed E-state index contributed by atoms with van der Waals surface area (Å²) >= 11 is 0. The standard InChI is InChI=1S/C12H17FN2O2/c1-12(2,4-6-16)8-15-11(17)9-3-5-14-7-10(9)13/h3,5,7,16H,4,6,8H2,1-2H3,(H,15,17). The molecule has 0 aromatic carbocycles. The lowest BCUT2D eigenvalue weighted by Crippen LogP contribution is -2.35. The van der Waals surface area contributed by atoms with E-state index in [4.69, 9.17) is 5.11 Å². The quantitative estimate of drug-likeness (QED) is 0.816. The van der Waals surface area contributed by atoms with Crippen molar-refractivity contribution in [2.24, 2.45) is 5.41 Å². The first-order chi connectivity index (χ1) is 7.96. The molecule has 0 aliphatic heterocycles. The van der Waals surface area contributed by atoms with E-state index in [-0.39, 0.29) is 17.6 Å². The predicted octanol–water partition coefficient (Wildman–Crippen LogP) is 1.36. The Labute approximate surface area is 99.9 Å². The SMILES string of the molecule is CC(C)(CCO)CNC(=O)c1ccncc1F. The summed E-state index contributed by atoms with van der Waals surface area (Å²) in [6.07, 6.45) is 2.96. The van der Waals surface area contributed by atoms with Gasteiger partial charge >= 0.3 is 0 Å². The summed E-state index contributed by atoms with van der Waals surface area (Å²) < 4.78 is 13.2. The van der Waals surface area contributed by atoms with Crippen LogP contribution in [0.15, 0.2) is 18.5 Å². The topological polar surface area (TPSA) is 62.2 Å². The Morgan fingerprint density at radius 1 is 1.59 bits per heavy atom. The van der Waals surface area contributed by atoms with Crippen molar-refractivity contribution < 1.29 is 14.3 Å². The second-order valence-electron chi connectivity index (χ2n) is 4.68. The number of aliphatic hydroxyl groups excluding tert-OH is 1. The van der Waals surface area contributed by atoms with Gasteiger partial charge in [-0.3, -0.25) is 9.78 Å². The highest BCUT2D eigenvalue weighted by molar-refractivity contribution is 5.94. The number of carbonyl (C=O) groups is 1. The zero-order valence-corrected chi connectivity index (χ0v) is 10.0. The normalized spacial score (nSPS) is 11.3. The lowest BCUT2D eigenvalue weighted by Gasteiger charge is -2.23. The molecule has 0 saturated heterocycles. The number of carbonyl (C=O) groups excluding carboxylic acids is 1. The summed E-state index contributed by atoms with van der Waals surface area (Å²) in [5.74, 6) is -1.10. The van der Waals surface area contributed by atoms with Gasteiger partial charge in [0.1, 0.15) is 0 Å². The Balaban J connectivity index is 2.59. The molecule has 94 valence electrons.